The van der Waals surface area contributed by atoms with Gasteiger partial charge in [-0.05, 0) is 40.5 Å². The molecule has 0 heterocycles. The number of hydrogen-bond donors (Lipinski definition) is 3. The highest BCUT2D eigenvalue weighted by molar-refractivity contribution is 5.80. The monoisotopic (exact) mass is 464 g/mol. The van der Waals surface area contributed by atoms with Gasteiger partial charge in [0.15, 0.2) is 0 Å². The maximum Gasteiger partial charge on any atom is 0.407 e. The summed E-state index contributed by atoms with van der Waals surface area (Å²) in [5.74, 6) is -0.943. The number of carbonyl (C=O) groups is 3. The van der Waals surface area contributed by atoms with Crippen LogP contribution >= 0.6 is 0 Å². The molecule has 0 radical (unpaired) electrons. The van der Waals surface area contributed by atoms with Gasteiger partial charge < -0.3 is 20.5 Å². The molecule has 0 saturated heterocycles. The maximum atomic E-state index is 12.5. The van der Waals surface area contributed by atoms with Crippen LogP contribution in [0.15, 0.2) is 60.7 Å². The first-order chi connectivity index (χ1) is 16.3. The van der Waals surface area contributed by atoms with E-state index in [9.17, 15) is 14.4 Å². The summed E-state index contributed by atoms with van der Waals surface area (Å²) in [5.41, 5.74) is 4.66. The molecule has 0 aromatic heterocycles. The Balaban J connectivity index is 1.51. The molecule has 2 aromatic rings. The lowest BCUT2D eigenvalue weighted by Gasteiger charge is -2.20. The number of carboxylic acids is 1. The summed E-state index contributed by atoms with van der Waals surface area (Å²) in [4.78, 5) is 35.2. The van der Waals surface area contributed by atoms with E-state index in [4.69, 9.17) is 9.84 Å². The zero-order valence-electron chi connectivity index (χ0n) is 19.6. The average molecular weight is 465 g/mol. The fourth-order valence-corrected chi connectivity index (χ4v) is 4.45. The fourth-order valence-electron chi connectivity index (χ4n) is 4.45. The molecule has 180 valence electrons. The van der Waals surface area contributed by atoms with Gasteiger partial charge in [-0.3, -0.25) is 4.79 Å². The minimum Gasteiger partial charge on any atom is -0.478 e. The number of amides is 2. The molecule has 7 nitrogen and oxygen atoms in total. The average Bonchev–Trinajstić information content (AvgIpc) is 3.12. The number of rotatable bonds is 11. The standard InChI is InChI=1S/C27H32N2O5/c1-18(2)14-19(15-25(30)28-13-7-12-26(31)32)16-29-27(33)34-17-24-22-10-5-3-8-20(22)21-9-4-6-11-23(21)24/h3-12,18-19,24H,13-17H2,1-2H3,(H,28,30)(H,29,33)(H,31,32)/b12-7-/t19-/m0/s1. The Labute approximate surface area is 200 Å². The molecule has 1 aliphatic carbocycles. The molecule has 34 heavy (non-hydrogen) atoms. The lowest BCUT2D eigenvalue weighted by atomic mass is 9.94. The molecule has 0 bridgehead atoms. The van der Waals surface area contributed by atoms with E-state index in [1.807, 2.05) is 24.3 Å². The van der Waals surface area contributed by atoms with Crippen LogP contribution < -0.4 is 10.6 Å². The molecule has 7 heteroatoms. The molecule has 0 spiro atoms. The predicted molar refractivity (Wildman–Crippen MR) is 130 cm³/mol. The van der Waals surface area contributed by atoms with Gasteiger partial charge in [0, 0.05) is 31.5 Å². The van der Waals surface area contributed by atoms with Crippen LogP contribution in [0.4, 0.5) is 4.79 Å². The number of benzene rings is 2. The lowest BCUT2D eigenvalue weighted by Crippen LogP contribution is -2.34. The van der Waals surface area contributed by atoms with Crippen LogP contribution in [0.3, 0.4) is 0 Å². The van der Waals surface area contributed by atoms with Gasteiger partial charge in [0.25, 0.3) is 0 Å². The van der Waals surface area contributed by atoms with Gasteiger partial charge in [-0.1, -0.05) is 68.5 Å². The summed E-state index contributed by atoms with van der Waals surface area (Å²) in [6.07, 6.45) is 2.88. The van der Waals surface area contributed by atoms with Crippen molar-refractivity contribution in [2.24, 2.45) is 11.8 Å². The van der Waals surface area contributed by atoms with Gasteiger partial charge in [-0.25, -0.2) is 9.59 Å². The van der Waals surface area contributed by atoms with E-state index in [2.05, 4.69) is 48.7 Å². The molecule has 2 aromatic carbocycles. The van der Waals surface area contributed by atoms with Crippen molar-refractivity contribution >= 4 is 18.0 Å². The topological polar surface area (TPSA) is 105 Å². The summed E-state index contributed by atoms with van der Waals surface area (Å²) in [5, 5.41) is 14.1. The van der Waals surface area contributed by atoms with Crippen LogP contribution in [-0.2, 0) is 14.3 Å². The Kier molecular flexibility index (Phi) is 8.85. The van der Waals surface area contributed by atoms with E-state index >= 15 is 0 Å². The number of fused-ring (bicyclic) bond motifs is 3. The van der Waals surface area contributed by atoms with Crippen molar-refractivity contribution in [1.82, 2.24) is 10.6 Å². The number of nitrogens with one attached hydrogen (secondary N) is 2. The quantitative estimate of drug-likeness (QED) is 0.429. The summed E-state index contributed by atoms with van der Waals surface area (Å²) in [6.45, 7) is 4.85. The summed E-state index contributed by atoms with van der Waals surface area (Å²) in [6, 6.07) is 16.3. The first kappa shape index (κ1) is 25.0. The van der Waals surface area contributed by atoms with Crippen molar-refractivity contribution in [2.45, 2.75) is 32.6 Å². The predicted octanol–water partition coefficient (Wildman–Crippen LogP) is 4.33. The number of ether oxygens (including phenoxy) is 1. The van der Waals surface area contributed by atoms with Crippen LogP contribution in [-0.4, -0.2) is 42.8 Å². The van der Waals surface area contributed by atoms with Crippen molar-refractivity contribution in [1.29, 1.82) is 0 Å². The minimum atomic E-state index is -1.06. The zero-order chi connectivity index (χ0) is 24.5. The first-order valence-corrected chi connectivity index (χ1v) is 11.6. The Morgan fingerprint density at radius 3 is 2.21 bits per heavy atom. The van der Waals surface area contributed by atoms with Crippen molar-refractivity contribution in [3.05, 3.63) is 71.8 Å². The van der Waals surface area contributed by atoms with Crippen molar-refractivity contribution in [2.75, 3.05) is 19.7 Å². The Morgan fingerprint density at radius 2 is 1.62 bits per heavy atom. The van der Waals surface area contributed by atoms with Gasteiger partial charge in [0.1, 0.15) is 6.61 Å². The van der Waals surface area contributed by atoms with Gasteiger partial charge >= 0.3 is 12.1 Å². The van der Waals surface area contributed by atoms with Gasteiger partial charge in [-0.15, -0.1) is 0 Å². The lowest BCUT2D eigenvalue weighted by molar-refractivity contribution is -0.131. The minimum absolute atomic E-state index is 0.00533. The molecule has 0 aliphatic heterocycles. The SMILES string of the molecule is CC(C)C[C@H](CNC(=O)OCC1c2ccccc2-c2ccccc21)CC(=O)NC/C=C\C(=O)O. The summed E-state index contributed by atoms with van der Waals surface area (Å²) >= 11 is 0. The number of hydrogen-bond acceptors (Lipinski definition) is 4. The van der Waals surface area contributed by atoms with E-state index in [1.54, 1.807) is 0 Å². The second-order valence-electron chi connectivity index (χ2n) is 8.95. The molecule has 1 atom stereocenters. The second kappa shape index (κ2) is 12.0. The Bertz CT molecular complexity index is 1000. The van der Waals surface area contributed by atoms with Crippen LogP contribution in [0.5, 0.6) is 0 Å². The van der Waals surface area contributed by atoms with Crippen LogP contribution in [0.2, 0.25) is 0 Å². The van der Waals surface area contributed by atoms with Gasteiger partial charge in [0.05, 0.1) is 0 Å². The Morgan fingerprint density at radius 1 is 1.00 bits per heavy atom. The highest BCUT2D eigenvalue weighted by Crippen LogP contribution is 2.44. The van der Waals surface area contributed by atoms with E-state index in [0.717, 1.165) is 23.6 Å². The fraction of sp³-hybridized carbons (Fsp3) is 0.370. The maximum absolute atomic E-state index is 12.5. The highest BCUT2D eigenvalue weighted by Gasteiger charge is 2.29. The number of aliphatic carboxylic acids is 1. The Hall–Kier alpha value is -3.61. The van der Waals surface area contributed by atoms with Crippen LogP contribution in [0.1, 0.15) is 43.7 Å². The second-order valence-corrected chi connectivity index (χ2v) is 8.95. The van der Waals surface area contributed by atoms with Gasteiger partial charge in [0.2, 0.25) is 5.91 Å². The smallest absolute Gasteiger partial charge is 0.407 e. The van der Waals surface area contributed by atoms with Gasteiger partial charge in [-0.2, -0.15) is 0 Å². The number of carbonyl (C=O) groups excluding carboxylic acids is 2. The third kappa shape index (κ3) is 6.94. The third-order valence-electron chi connectivity index (χ3n) is 5.84. The number of alkyl carbamates (subject to hydrolysis) is 1. The number of carboxylic acid groups (broad SMARTS) is 1. The molecular formula is C27H32N2O5. The van der Waals surface area contributed by atoms with E-state index in [-0.39, 0.29) is 37.3 Å². The normalized spacial score (nSPS) is 13.4. The van der Waals surface area contributed by atoms with E-state index in [1.165, 1.54) is 17.2 Å². The van der Waals surface area contributed by atoms with Crippen molar-refractivity contribution in [3.63, 3.8) is 0 Å². The zero-order valence-corrected chi connectivity index (χ0v) is 19.6. The summed E-state index contributed by atoms with van der Waals surface area (Å²) in [7, 11) is 0. The summed E-state index contributed by atoms with van der Waals surface area (Å²) < 4.78 is 5.59. The molecule has 2 amide bonds. The molecule has 3 rings (SSSR count). The van der Waals surface area contributed by atoms with Crippen LogP contribution in [0.25, 0.3) is 11.1 Å². The highest BCUT2D eigenvalue weighted by atomic mass is 16.5. The molecule has 3 N–H and O–H groups in total. The molecule has 1 aliphatic rings. The van der Waals surface area contributed by atoms with Crippen LogP contribution in [0, 0.1) is 11.8 Å². The van der Waals surface area contributed by atoms with Crippen molar-refractivity contribution < 1.29 is 24.2 Å². The largest absolute Gasteiger partial charge is 0.478 e. The van der Waals surface area contributed by atoms with E-state index < -0.39 is 12.1 Å². The molecule has 0 fully saturated rings. The molecule has 0 unspecified atom stereocenters. The van der Waals surface area contributed by atoms with Crippen molar-refractivity contribution in [3.8, 4) is 11.1 Å². The first-order valence-electron chi connectivity index (χ1n) is 11.6. The molecular weight excluding hydrogens is 432 g/mol. The molecule has 0 saturated carbocycles. The van der Waals surface area contributed by atoms with E-state index in [0.29, 0.717) is 12.5 Å². The third-order valence-corrected chi connectivity index (χ3v) is 5.84.